The first-order valence-electron chi connectivity index (χ1n) is 5.17. The third-order valence-corrected chi connectivity index (χ3v) is 2.57. The van der Waals surface area contributed by atoms with Crippen LogP contribution in [-0.4, -0.2) is 25.8 Å². The lowest BCUT2D eigenvalue weighted by Gasteiger charge is -2.11. The van der Waals surface area contributed by atoms with Crippen molar-refractivity contribution >= 4 is 5.97 Å². The molecule has 0 aliphatic carbocycles. The van der Waals surface area contributed by atoms with Gasteiger partial charge < -0.3 is 9.67 Å². The van der Waals surface area contributed by atoms with Crippen LogP contribution in [-0.2, 0) is 11.3 Å². The Balaban J connectivity index is 2.84. The van der Waals surface area contributed by atoms with Crippen LogP contribution in [0.15, 0.2) is 0 Å². The van der Waals surface area contributed by atoms with E-state index in [9.17, 15) is 4.79 Å². The molecule has 5 nitrogen and oxygen atoms in total. The van der Waals surface area contributed by atoms with E-state index < -0.39 is 5.97 Å². The van der Waals surface area contributed by atoms with E-state index in [2.05, 4.69) is 24.0 Å². The minimum absolute atomic E-state index is 0.113. The van der Waals surface area contributed by atoms with E-state index in [0.29, 0.717) is 12.5 Å². The highest BCUT2D eigenvalue weighted by molar-refractivity contribution is 5.66. The first kappa shape index (κ1) is 11.7. The Bertz CT molecular complexity index is 346. The molecule has 0 amide bonds. The lowest BCUT2D eigenvalue weighted by Crippen LogP contribution is -2.11. The van der Waals surface area contributed by atoms with Crippen LogP contribution in [0, 0.1) is 6.92 Å². The molecule has 0 saturated carbocycles. The van der Waals surface area contributed by atoms with Gasteiger partial charge in [0.1, 0.15) is 11.6 Å². The Kier molecular flexibility index (Phi) is 3.82. The van der Waals surface area contributed by atoms with E-state index >= 15 is 0 Å². The Hall–Kier alpha value is -1.39. The molecule has 1 rings (SSSR count). The first-order valence-corrected chi connectivity index (χ1v) is 5.17. The normalized spacial score (nSPS) is 12.7. The summed E-state index contributed by atoms with van der Waals surface area (Å²) in [6, 6.07) is 0. The molecular formula is C10H17N3O2. The average molecular weight is 211 g/mol. The zero-order chi connectivity index (χ0) is 11.4. The third kappa shape index (κ3) is 2.78. The summed E-state index contributed by atoms with van der Waals surface area (Å²) < 4.78 is 1.89. The molecule has 0 aliphatic heterocycles. The number of aromatic nitrogens is 3. The minimum Gasteiger partial charge on any atom is -0.481 e. The van der Waals surface area contributed by atoms with E-state index in [4.69, 9.17) is 5.11 Å². The largest absolute Gasteiger partial charge is 0.481 e. The summed E-state index contributed by atoms with van der Waals surface area (Å²) in [5.41, 5.74) is 0. The van der Waals surface area contributed by atoms with Gasteiger partial charge in [0.2, 0.25) is 0 Å². The molecule has 1 atom stereocenters. The molecule has 5 heteroatoms. The van der Waals surface area contributed by atoms with Gasteiger partial charge in [-0.2, -0.15) is 0 Å². The summed E-state index contributed by atoms with van der Waals surface area (Å²) in [6.07, 6.45) is 1.09. The maximum atomic E-state index is 10.5. The number of carboxylic acids is 1. The quantitative estimate of drug-likeness (QED) is 0.802. The lowest BCUT2D eigenvalue weighted by atomic mass is 10.1. The zero-order valence-electron chi connectivity index (χ0n) is 9.40. The van der Waals surface area contributed by atoms with Crippen molar-refractivity contribution in [3.8, 4) is 0 Å². The van der Waals surface area contributed by atoms with Crippen LogP contribution >= 0.6 is 0 Å². The second-order valence-electron chi connectivity index (χ2n) is 3.71. The molecule has 0 radical (unpaired) electrons. The molecule has 0 saturated heterocycles. The maximum absolute atomic E-state index is 10.5. The zero-order valence-corrected chi connectivity index (χ0v) is 9.40. The van der Waals surface area contributed by atoms with Gasteiger partial charge in [-0.3, -0.25) is 4.79 Å². The van der Waals surface area contributed by atoms with Crippen LogP contribution in [0.3, 0.4) is 0 Å². The highest BCUT2D eigenvalue weighted by atomic mass is 16.4. The molecule has 84 valence electrons. The molecule has 1 aromatic heterocycles. The van der Waals surface area contributed by atoms with E-state index in [-0.39, 0.29) is 6.42 Å². The fourth-order valence-corrected chi connectivity index (χ4v) is 1.43. The van der Waals surface area contributed by atoms with E-state index in [0.717, 1.165) is 18.1 Å². The first-order chi connectivity index (χ1) is 7.06. The number of aryl methyl sites for hydroxylation is 1. The summed E-state index contributed by atoms with van der Waals surface area (Å²) in [5, 5.41) is 16.7. The van der Waals surface area contributed by atoms with Gasteiger partial charge in [-0.1, -0.05) is 13.8 Å². The molecular weight excluding hydrogens is 194 g/mol. The van der Waals surface area contributed by atoms with Crippen molar-refractivity contribution in [1.82, 2.24) is 14.8 Å². The maximum Gasteiger partial charge on any atom is 0.305 e. The fraction of sp³-hybridized carbons (Fsp3) is 0.700. The molecule has 0 aliphatic rings. The minimum atomic E-state index is -0.793. The van der Waals surface area contributed by atoms with Gasteiger partial charge in [0.05, 0.1) is 6.42 Å². The van der Waals surface area contributed by atoms with Crippen molar-refractivity contribution in [3.05, 3.63) is 11.6 Å². The van der Waals surface area contributed by atoms with Gasteiger partial charge in [-0.25, -0.2) is 0 Å². The summed E-state index contributed by atoms with van der Waals surface area (Å²) in [4.78, 5) is 10.5. The van der Waals surface area contributed by atoms with Crippen LogP contribution in [0.5, 0.6) is 0 Å². The van der Waals surface area contributed by atoms with Crippen molar-refractivity contribution in [2.24, 2.45) is 0 Å². The number of aliphatic carboxylic acids is 1. The Morgan fingerprint density at radius 3 is 2.73 bits per heavy atom. The van der Waals surface area contributed by atoms with Gasteiger partial charge in [-0.15, -0.1) is 10.2 Å². The van der Waals surface area contributed by atoms with Crippen molar-refractivity contribution in [2.75, 3.05) is 0 Å². The molecule has 0 aromatic carbocycles. The SMILES string of the molecule is CCC(C)c1nnc(C)n1CCC(=O)O. The Labute approximate surface area is 89.1 Å². The summed E-state index contributed by atoms with van der Waals surface area (Å²) >= 11 is 0. The van der Waals surface area contributed by atoms with Crippen molar-refractivity contribution in [3.63, 3.8) is 0 Å². The molecule has 15 heavy (non-hydrogen) atoms. The molecule has 0 spiro atoms. The predicted molar refractivity (Wildman–Crippen MR) is 55.7 cm³/mol. The van der Waals surface area contributed by atoms with Crippen LogP contribution in [0.25, 0.3) is 0 Å². The van der Waals surface area contributed by atoms with Crippen LogP contribution < -0.4 is 0 Å². The molecule has 0 bridgehead atoms. The number of hydrogen-bond acceptors (Lipinski definition) is 3. The van der Waals surface area contributed by atoms with Crippen molar-refractivity contribution in [2.45, 2.75) is 46.1 Å². The standard InChI is InChI=1S/C10H17N3O2/c1-4-7(2)10-12-11-8(3)13(10)6-5-9(14)15/h7H,4-6H2,1-3H3,(H,14,15). The predicted octanol–water partition coefficient (Wildman–Crippen LogP) is 1.57. The van der Waals surface area contributed by atoms with Gasteiger partial charge in [0, 0.05) is 12.5 Å². The number of nitrogens with zero attached hydrogens (tertiary/aromatic N) is 3. The van der Waals surface area contributed by atoms with Crippen molar-refractivity contribution in [1.29, 1.82) is 0 Å². The topological polar surface area (TPSA) is 68.0 Å². The average Bonchev–Trinajstić information content (AvgIpc) is 2.55. The molecule has 0 fully saturated rings. The van der Waals surface area contributed by atoms with E-state index in [1.165, 1.54) is 0 Å². The molecule has 1 N–H and O–H groups in total. The number of carbonyl (C=O) groups is 1. The second kappa shape index (κ2) is 4.91. The van der Waals surface area contributed by atoms with Gasteiger partial charge in [0.25, 0.3) is 0 Å². The van der Waals surface area contributed by atoms with Gasteiger partial charge in [-0.05, 0) is 13.3 Å². The lowest BCUT2D eigenvalue weighted by molar-refractivity contribution is -0.137. The number of carboxylic acid groups (broad SMARTS) is 1. The number of hydrogen-bond donors (Lipinski definition) is 1. The van der Waals surface area contributed by atoms with Gasteiger partial charge >= 0.3 is 5.97 Å². The number of rotatable bonds is 5. The van der Waals surface area contributed by atoms with Crippen molar-refractivity contribution < 1.29 is 9.90 Å². The highest BCUT2D eigenvalue weighted by Gasteiger charge is 2.14. The third-order valence-electron chi connectivity index (χ3n) is 2.57. The van der Waals surface area contributed by atoms with Crippen LogP contribution in [0.2, 0.25) is 0 Å². The van der Waals surface area contributed by atoms with Crippen LogP contribution in [0.4, 0.5) is 0 Å². The second-order valence-corrected chi connectivity index (χ2v) is 3.71. The summed E-state index contributed by atoms with van der Waals surface area (Å²) in [5.74, 6) is 1.20. The molecule has 1 heterocycles. The highest BCUT2D eigenvalue weighted by Crippen LogP contribution is 2.17. The van der Waals surface area contributed by atoms with E-state index in [1.807, 2.05) is 11.5 Å². The van der Waals surface area contributed by atoms with E-state index in [1.54, 1.807) is 0 Å². The fourth-order valence-electron chi connectivity index (χ4n) is 1.43. The monoisotopic (exact) mass is 211 g/mol. The molecule has 1 aromatic rings. The Morgan fingerprint density at radius 1 is 1.53 bits per heavy atom. The smallest absolute Gasteiger partial charge is 0.305 e. The molecule has 1 unspecified atom stereocenters. The summed E-state index contributed by atoms with van der Waals surface area (Å²) in [7, 11) is 0. The Morgan fingerprint density at radius 2 is 2.20 bits per heavy atom. The van der Waals surface area contributed by atoms with Crippen LogP contribution in [0.1, 0.15) is 44.3 Å². The summed E-state index contributed by atoms with van der Waals surface area (Å²) in [6.45, 7) is 6.45. The van der Waals surface area contributed by atoms with Gasteiger partial charge in [0.15, 0.2) is 0 Å².